The second-order valence-corrected chi connectivity index (χ2v) is 4.39. The number of aliphatic hydroxyl groups is 1. The standard InChI is InChI=1S/C11H15NO4/c13-7-5-12(6-7)10(14)8-3-1-2-4-9(8)11(15)16/h1-2,7-9,13H,3-6H2,(H,15,16)/t8-,9+/m1/s1. The minimum atomic E-state index is -0.913. The van der Waals surface area contributed by atoms with Crippen molar-refractivity contribution in [3.63, 3.8) is 0 Å². The van der Waals surface area contributed by atoms with Gasteiger partial charge in [0.05, 0.1) is 17.9 Å². The average Bonchev–Trinajstić information content (AvgIpc) is 2.24. The molecule has 1 aliphatic heterocycles. The first-order valence-corrected chi connectivity index (χ1v) is 5.44. The number of carbonyl (C=O) groups is 2. The SMILES string of the molecule is O=C(O)[C@H]1CC=CC[C@H]1C(=O)N1CC(O)C1. The van der Waals surface area contributed by atoms with Crippen LogP contribution in [0.25, 0.3) is 0 Å². The molecule has 0 aromatic rings. The molecule has 1 aliphatic carbocycles. The molecule has 16 heavy (non-hydrogen) atoms. The lowest BCUT2D eigenvalue weighted by molar-refractivity contribution is -0.155. The summed E-state index contributed by atoms with van der Waals surface area (Å²) in [6.07, 6.45) is 4.14. The van der Waals surface area contributed by atoms with E-state index >= 15 is 0 Å². The van der Waals surface area contributed by atoms with Gasteiger partial charge in [-0.05, 0) is 12.8 Å². The monoisotopic (exact) mass is 225 g/mol. The highest BCUT2D eigenvalue weighted by Gasteiger charge is 2.39. The molecule has 0 spiro atoms. The van der Waals surface area contributed by atoms with Gasteiger partial charge in [0.2, 0.25) is 5.91 Å². The molecule has 0 bridgehead atoms. The molecule has 2 aliphatic rings. The van der Waals surface area contributed by atoms with Gasteiger partial charge in [-0.2, -0.15) is 0 Å². The van der Waals surface area contributed by atoms with Gasteiger partial charge in [0.1, 0.15) is 0 Å². The van der Waals surface area contributed by atoms with Crippen LogP contribution < -0.4 is 0 Å². The van der Waals surface area contributed by atoms with Crippen LogP contribution in [-0.4, -0.2) is 46.2 Å². The number of nitrogens with zero attached hydrogens (tertiary/aromatic N) is 1. The van der Waals surface area contributed by atoms with Crippen LogP contribution in [0.5, 0.6) is 0 Å². The summed E-state index contributed by atoms with van der Waals surface area (Å²) in [6.45, 7) is 0.677. The van der Waals surface area contributed by atoms with Crippen LogP contribution in [0.2, 0.25) is 0 Å². The Bertz CT molecular complexity index is 333. The van der Waals surface area contributed by atoms with Crippen molar-refractivity contribution < 1.29 is 19.8 Å². The predicted octanol–water partition coefficient (Wildman–Crippen LogP) is -0.144. The molecule has 88 valence electrons. The predicted molar refractivity (Wildman–Crippen MR) is 55.6 cm³/mol. The summed E-state index contributed by atoms with van der Waals surface area (Å²) in [5.41, 5.74) is 0. The van der Waals surface area contributed by atoms with Crippen LogP contribution in [-0.2, 0) is 9.59 Å². The van der Waals surface area contributed by atoms with Gasteiger partial charge in [-0.15, -0.1) is 0 Å². The fourth-order valence-electron chi connectivity index (χ4n) is 2.23. The summed E-state index contributed by atoms with van der Waals surface area (Å²) < 4.78 is 0. The van der Waals surface area contributed by atoms with Gasteiger partial charge in [0.25, 0.3) is 0 Å². The zero-order valence-corrected chi connectivity index (χ0v) is 8.87. The van der Waals surface area contributed by atoms with Crippen molar-refractivity contribution in [1.82, 2.24) is 4.90 Å². The molecule has 1 fully saturated rings. The number of carbonyl (C=O) groups excluding carboxylic acids is 1. The number of β-amino-alcohol motifs (C(OH)–C–C–N with tert-alkyl or cyclic N) is 1. The molecule has 1 saturated heterocycles. The molecule has 0 aromatic heterocycles. The smallest absolute Gasteiger partial charge is 0.307 e. The molecule has 0 saturated carbocycles. The van der Waals surface area contributed by atoms with E-state index in [1.54, 1.807) is 0 Å². The fraction of sp³-hybridized carbons (Fsp3) is 0.636. The van der Waals surface area contributed by atoms with E-state index in [1.807, 2.05) is 12.2 Å². The van der Waals surface area contributed by atoms with E-state index in [1.165, 1.54) is 4.90 Å². The lowest BCUT2D eigenvalue weighted by Crippen LogP contribution is -2.56. The number of hydrogen-bond acceptors (Lipinski definition) is 3. The first kappa shape index (κ1) is 11.1. The number of aliphatic hydroxyl groups excluding tert-OH is 1. The zero-order valence-electron chi connectivity index (χ0n) is 8.87. The second-order valence-electron chi connectivity index (χ2n) is 4.39. The van der Waals surface area contributed by atoms with E-state index in [0.29, 0.717) is 25.9 Å². The number of rotatable bonds is 2. The number of amides is 1. The normalized spacial score (nSPS) is 29.9. The van der Waals surface area contributed by atoms with Crippen molar-refractivity contribution in [2.45, 2.75) is 18.9 Å². The Kier molecular flexibility index (Phi) is 2.96. The quantitative estimate of drug-likeness (QED) is 0.641. The van der Waals surface area contributed by atoms with Gasteiger partial charge in [0.15, 0.2) is 0 Å². The molecule has 5 nitrogen and oxygen atoms in total. The maximum Gasteiger partial charge on any atom is 0.307 e. The molecule has 1 heterocycles. The van der Waals surface area contributed by atoms with Crippen LogP contribution in [0, 0.1) is 11.8 Å². The van der Waals surface area contributed by atoms with E-state index in [2.05, 4.69) is 0 Å². The zero-order chi connectivity index (χ0) is 11.7. The molecule has 5 heteroatoms. The van der Waals surface area contributed by atoms with E-state index < -0.39 is 23.9 Å². The Balaban J connectivity index is 2.03. The number of likely N-dealkylation sites (tertiary alicyclic amines) is 1. The van der Waals surface area contributed by atoms with Crippen molar-refractivity contribution in [2.75, 3.05) is 13.1 Å². The van der Waals surface area contributed by atoms with Crippen LogP contribution >= 0.6 is 0 Å². The van der Waals surface area contributed by atoms with Crippen molar-refractivity contribution in [3.8, 4) is 0 Å². The third-order valence-electron chi connectivity index (χ3n) is 3.24. The third-order valence-corrected chi connectivity index (χ3v) is 3.24. The van der Waals surface area contributed by atoms with Crippen molar-refractivity contribution in [3.05, 3.63) is 12.2 Å². The maximum absolute atomic E-state index is 12.0. The fourth-order valence-corrected chi connectivity index (χ4v) is 2.23. The van der Waals surface area contributed by atoms with Crippen molar-refractivity contribution in [1.29, 1.82) is 0 Å². The first-order chi connectivity index (χ1) is 7.59. The summed E-state index contributed by atoms with van der Waals surface area (Å²) in [6, 6.07) is 0. The molecular formula is C11H15NO4. The highest BCUT2D eigenvalue weighted by Crippen LogP contribution is 2.29. The number of carboxylic acid groups (broad SMARTS) is 1. The maximum atomic E-state index is 12.0. The molecular weight excluding hydrogens is 210 g/mol. The summed E-state index contributed by atoms with van der Waals surface area (Å²) in [5.74, 6) is -2.13. The third kappa shape index (κ3) is 1.95. The first-order valence-electron chi connectivity index (χ1n) is 5.44. The van der Waals surface area contributed by atoms with E-state index in [9.17, 15) is 9.59 Å². The van der Waals surface area contributed by atoms with Crippen LogP contribution in [0.4, 0.5) is 0 Å². The number of aliphatic carboxylic acids is 1. The number of hydrogen-bond donors (Lipinski definition) is 2. The molecule has 1 amide bonds. The molecule has 0 unspecified atom stereocenters. The molecule has 0 radical (unpaired) electrons. The van der Waals surface area contributed by atoms with E-state index in [0.717, 1.165) is 0 Å². The summed E-state index contributed by atoms with van der Waals surface area (Å²) >= 11 is 0. The van der Waals surface area contributed by atoms with Gasteiger partial charge in [0, 0.05) is 13.1 Å². The van der Waals surface area contributed by atoms with Gasteiger partial charge >= 0.3 is 5.97 Å². The molecule has 2 rings (SSSR count). The van der Waals surface area contributed by atoms with E-state index in [4.69, 9.17) is 10.2 Å². The number of carboxylic acids is 1. The Morgan fingerprint density at radius 1 is 1.12 bits per heavy atom. The average molecular weight is 225 g/mol. The van der Waals surface area contributed by atoms with Crippen LogP contribution in [0.1, 0.15) is 12.8 Å². The summed E-state index contributed by atoms with van der Waals surface area (Å²) in [4.78, 5) is 24.5. The topological polar surface area (TPSA) is 77.8 Å². The largest absolute Gasteiger partial charge is 0.481 e. The lowest BCUT2D eigenvalue weighted by Gasteiger charge is -2.39. The Hall–Kier alpha value is -1.36. The van der Waals surface area contributed by atoms with E-state index in [-0.39, 0.29) is 5.91 Å². The minimum absolute atomic E-state index is 0.137. The highest BCUT2D eigenvalue weighted by molar-refractivity contribution is 5.85. The lowest BCUT2D eigenvalue weighted by atomic mass is 9.81. The van der Waals surface area contributed by atoms with Gasteiger partial charge in [-0.3, -0.25) is 9.59 Å². The minimum Gasteiger partial charge on any atom is -0.481 e. The van der Waals surface area contributed by atoms with Gasteiger partial charge < -0.3 is 15.1 Å². The Labute approximate surface area is 93.4 Å². The second kappa shape index (κ2) is 4.25. The highest BCUT2D eigenvalue weighted by atomic mass is 16.4. The van der Waals surface area contributed by atoms with Gasteiger partial charge in [-0.1, -0.05) is 12.2 Å². The molecule has 2 atom stereocenters. The van der Waals surface area contributed by atoms with Crippen molar-refractivity contribution >= 4 is 11.9 Å². The summed E-state index contributed by atoms with van der Waals surface area (Å²) in [5, 5.41) is 18.1. The van der Waals surface area contributed by atoms with Gasteiger partial charge in [-0.25, -0.2) is 0 Å². The Morgan fingerprint density at radius 3 is 2.19 bits per heavy atom. The molecule has 2 N–H and O–H groups in total. The van der Waals surface area contributed by atoms with Crippen LogP contribution in [0.3, 0.4) is 0 Å². The Morgan fingerprint density at radius 2 is 1.69 bits per heavy atom. The van der Waals surface area contributed by atoms with Crippen LogP contribution in [0.15, 0.2) is 12.2 Å². The van der Waals surface area contributed by atoms with Crippen molar-refractivity contribution in [2.24, 2.45) is 11.8 Å². The number of allylic oxidation sites excluding steroid dienone is 2. The molecule has 0 aromatic carbocycles. The summed E-state index contributed by atoms with van der Waals surface area (Å²) in [7, 11) is 0.